The fraction of sp³-hybridized carbons (Fsp3) is 0.733. The number of aromatic nitrogens is 2. The molecular weight excluding hydrogens is 238 g/mol. The van der Waals surface area contributed by atoms with Crippen LogP contribution in [0.15, 0.2) is 0 Å². The highest BCUT2D eigenvalue weighted by atomic mass is 16.2. The molecule has 1 atom stereocenters. The van der Waals surface area contributed by atoms with Crippen LogP contribution in [0.4, 0.5) is 0 Å². The lowest BCUT2D eigenvalue weighted by molar-refractivity contribution is -0.124. The normalized spacial score (nSPS) is 16.3. The number of fused-ring (bicyclic) bond motifs is 1. The van der Waals surface area contributed by atoms with E-state index in [1.165, 1.54) is 24.2 Å². The first kappa shape index (κ1) is 14.1. The zero-order valence-corrected chi connectivity index (χ0v) is 12.5. The third-order valence-corrected chi connectivity index (χ3v) is 3.80. The summed E-state index contributed by atoms with van der Waals surface area (Å²) >= 11 is 0. The highest BCUT2D eigenvalue weighted by molar-refractivity contribution is 5.80. The number of nitrogens with one attached hydrogen (secondary N) is 1. The molecule has 0 spiro atoms. The van der Waals surface area contributed by atoms with Gasteiger partial charge in [0.05, 0.1) is 5.69 Å². The molecule has 0 saturated heterocycles. The summed E-state index contributed by atoms with van der Waals surface area (Å²) in [6, 6.07) is -0.159. The average molecular weight is 263 g/mol. The van der Waals surface area contributed by atoms with E-state index in [2.05, 4.69) is 28.7 Å². The number of carbonyl (C=O) groups is 1. The van der Waals surface area contributed by atoms with Crippen molar-refractivity contribution in [3.8, 4) is 0 Å². The van der Waals surface area contributed by atoms with Crippen molar-refractivity contribution in [1.29, 1.82) is 0 Å². The maximum absolute atomic E-state index is 12.2. The van der Waals surface area contributed by atoms with Crippen molar-refractivity contribution < 1.29 is 4.79 Å². The summed E-state index contributed by atoms with van der Waals surface area (Å²) in [6.45, 7) is 8.92. The maximum atomic E-state index is 12.2. The molecule has 1 aromatic heterocycles. The summed E-state index contributed by atoms with van der Waals surface area (Å²) in [5, 5.41) is 3.02. The van der Waals surface area contributed by atoms with Gasteiger partial charge in [-0.15, -0.1) is 0 Å². The smallest absolute Gasteiger partial charge is 0.242 e. The Hall–Kier alpha value is -1.32. The van der Waals surface area contributed by atoms with Crippen molar-refractivity contribution in [1.82, 2.24) is 14.9 Å². The molecule has 0 saturated carbocycles. The van der Waals surface area contributed by atoms with Gasteiger partial charge in [-0.2, -0.15) is 0 Å². The third-order valence-electron chi connectivity index (χ3n) is 3.80. The second-order valence-electron chi connectivity index (χ2n) is 5.94. The highest BCUT2D eigenvalue weighted by Gasteiger charge is 2.24. The molecule has 1 heterocycles. The van der Waals surface area contributed by atoms with Gasteiger partial charge in [-0.3, -0.25) is 4.79 Å². The van der Waals surface area contributed by atoms with Crippen molar-refractivity contribution in [3.63, 3.8) is 0 Å². The van der Waals surface area contributed by atoms with E-state index in [1.54, 1.807) is 0 Å². The van der Waals surface area contributed by atoms with Crippen LogP contribution in [0, 0.1) is 12.8 Å². The van der Waals surface area contributed by atoms with Gasteiger partial charge in [0.15, 0.2) is 0 Å². The minimum absolute atomic E-state index is 0.0996. The Kier molecular flexibility index (Phi) is 4.27. The van der Waals surface area contributed by atoms with Crippen LogP contribution in [-0.4, -0.2) is 22.0 Å². The Morgan fingerprint density at radius 3 is 2.68 bits per heavy atom. The topological polar surface area (TPSA) is 46.9 Å². The van der Waals surface area contributed by atoms with E-state index >= 15 is 0 Å². The molecule has 2 rings (SSSR count). The number of carbonyl (C=O) groups excluding carboxylic acids is 1. The molecule has 4 nitrogen and oxygen atoms in total. The molecule has 19 heavy (non-hydrogen) atoms. The minimum atomic E-state index is -0.159. The van der Waals surface area contributed by atoms with Crippen LogP contribution in [0.2, 0.25) is 0 Å². The number of hydrogen-bond donors (Lipinski definition) is 1. The van der Waals surface area contributed by atoms with E-state index in [0.717, 1.165) is 25.2 Å². The second-order valence-corrected chi connectivity index (χ2v) is 5.94. The molecule has 1 amide bonds. The van der Waals surface area contributed by atoms with Crippen LogP contribution in [-0.2, 0) is 17.6 Å². The second kappa shape index (κ2) is 5.76. The fourth-order valence-corrected chi connectivity index (χ4v) is 2.78. The molecule has 0 bridgehead atoms. The van der Waals surface area contributed by atoms with Gasteiger partial charge < -0.3 is 9.88 Å². The van der Waals surface area contributed by atoms with E-state index in [1.807, 2.05) is 13.8 Å². The first-order valence-electron chi connectivity index (χ1n) is 7.35. The van der Waals surface area contributed by atoms with Gasteiger partial charge in [-0.05, 0) is 45.4 Å². The maximum Gasteiger partial charge on any atom is 0.242 e. The predicted molar refractivity (Wildman–Crippen MR) is 76.2 cm³/mol. The van der Waals surface area contributed by atoms with Crippen molar-refractivity contribution in [3.05, 3.63) is 17.2 Å². The number of imidazole rings is 1. The molecule has 1 unspecified atom stereocenters. The van der Waals surface area contributed by atoms with Gasteiger partial charge >= 0.3 is 0 Å². The Bertz CT molecular complexity index is 462. The zero-order chi connectivity index (χ0) is 14.0. The summed E-state index contributed by atoms with van der Waals surface area (Å²) in [4.78, 5) is 16.9. The largest absolute Gasteiger partial charge is 0.354 e. The van der Waals surface area contributed by atoms with E-state index in [9.17, 15) is 4.79 Å². The lowest BCUT2D eigenvalue weighted by Gasteiger charge is -2.20. The van der Waals surface area contributed by atoms with Crippen molar-refractivity contribution in [2.45, 2.75) is 59.4 Å². The molecule has 1 N–H and O–H groups in total. The molecule has 1 aliphatic rings. The number of nitrogens with zero attached hydrogens (tertiary/aromatic N) is 2. The van der Waals surface area contributed by atoms with Crippen molar-refractivity contribution in [2.24, 2.45) is 5.92 Å². The number of rotatable bonds is 4. The number of hydrogen-bond acceptors (Lipinski definition) is 2. The lowest BCUT2D eigenvalue weighted by atomic mass is 10.0. The molecule has 0 aromatic carbocycles. The molecule has 4 heteroatoms. The average Bonchev–Trinajstić information content (AvgIpc) is 2.70. The molecule has 1 aliphatic carbocycles. The van der Waals surface area contributed by atoms with Crippen LogP contribution < -0.4 is 5.32 Å². The molecular formula is C15H25N3O. The van der Waals surface area contributed by atoms with Gasteiger partial charge in [-0.1, -0.05) is 13.8 Å². The van der Waals surface area contributed by atoms with Crippen molar-refractivity contribution >= 4 is 5.91 Å². The molecule has 0 radical (unpaired) electrons. The van der Waals surface area contributed by atoms with E-state index < -0.39 is 0 Å². The first-order chi connectivity index (χ1) is 9.00. The van der Waals surface area contributed by atoms with Crippen LogP contribution >= 0.6 is 0 Å². The van der Waals surface area contributed by atoms with E-state index in [-0.39, 0.29) is 11.9 Å². The Labute approximate surface area is 115 Å². The van der Waals surface area contributed by atoms with Crippen LogP contribution in [0.5, 0.6) is 0 Å². The van der Waals surface area contributed by atoms with Crippen LogP contribution in [0.3, 0.4) is 0 Å². The summed E-state index contributed by atoms with van der Waals surface area (Å²) in [7, 11) is 0. The lowest BCUT2D eigenvalue weighted by Crippen LogP contribution is -2.34. The summed E-state index contributed by atoms with van der Waals surface area (Å²) in [5.41, 5.74) is 2.48. The third kappa shape index (κ3) is 2.99. The summed E-state index contributed by atoms with van der Waals surface area (Å²) in [6.07, 6.45) is 4.54. The Morgan fingerprint density at radius 1 is 1.32 bits per heavy atom. The highest BCUT2D eigenvalue weighted by Crippen LogP contribution is 2.25. The number of amides is 1. The van der Waals surface area contributed by atoms with Gasteiger partial charge in [0.2, 0.25) is 5.91 Å². The molecule has 0 aliphatic heterocycles. The monoisotopic (exact) mass is 263 g/mol. The van der Waals surface area contributed by atoms with E-state index in [0.29, 0.717) is 5.92 Å². The summed E-state index contributed by atoms with van der Waals surface area (Å²) in [5.74, 6) is 1.55. The Morgan fingerprint density at radius 2 is 2.00 bits per heavy atom. The number of aryl methyl sites for hydroxylation is 2. The van der Waals surface area contributed by atoms with Gasteiger partial charge in [-0.25, -0.2) is 4.98 Å². The standard InChI is InChI=1S/C15H25N3O/c1-10(2)9-16-15(19)11(3)18-12(4)17-13-7-5-6-8-14(13)18/h10-11H,5-9H2,1-4H3,(H,16,19). The van der Waals surface area contributed by atoms with Gasteiger partial charge in [0.1, 0.15) is 11.9 Å². The van der Waals surface area contributed by atoms with Gasteiger partial charge in [0, 0.05) is 12.2 Å². The fourth-order valence-electron chi connectivity index (χ4n) is 2.78. The predicted octanol–water partition coefficient (Wildman–Crippen LogP) is 2.40. The van der Waals surface area contributed by atoms with Crippen LogP contribution in [0.25, 0.3) is 0 Å². The minimum Gasteiger partial charge on any atom is -0.354 e. The van der Waals surface area contributed by atoms with Gasteiger partial charge in [0.25, 0.3) is 0 Å². The molecule has 106 valence electrons. The first-order valence-corrected chi connectivity index (χ1v) is 7.35. The quantitative estimate of drug-likeness (QED) is 0.906. The summed E-state index contributed by atoms with van der Waals surface area (Å²) < 4.78 is 2.13. The van der Waals surface area contributed by atoms with E-state index in [4.69, 9.17) is 0 Å². The zero-order valence-electron chi connectivity index (χ0n) is 12.5. The Balaban J connectivity index is 2.16. The van der Waals surface area contributed by atoms with Crippen molar-refractivity contribution in [2.75, 3.05) is 6.54 Å². The molecule has 1 aromatic rings. The molecule has 0 fully saturated rings. The SMILES string of the molecule is Cc1nc2c(n1C(C)C(=O)NCC(C)C)CCCC2. The van der Waals surface area contributed by atoms with Crippen LogP contribution in [0.1, 0.15) is 56.9 Å².